The Bertz CT molecular complexity index is 937. The fourth-order valence-electron chi connectivity index (χ4n) is 2.48. The molecule has 0 aliphatic carbocycles. The van der Waals surface area contributed by atoms with Crippen molar-refractivity contribution in [1.29, 1.82) is 0 Å². The molecule has 0 bridgehead atoms. The topological polar surface area (TPSA) is 99.9 Å². The second kappa shape index (κ2) is 6.81. The SMILES string of the molecule is CCC(c1nc(-c2ccc(Cl)cc2Cl)no1)n1nc([N+](=O)[O-])cc1C. The molecule has 0 fully saturated rings. The van der Waals surface area contributed by atoms with E-state index in [9.17, 15) is 10.1 Å². The number of benzene rings is 1. The summed E-state index contributed by atoms with van der Waals surface area (Å²) in [5.41, 5.74) is 1.21. The van der Waals surface area contributed by atoms with Crippen molar-refractivity contribution in [2.45, 2.75) is 26.3 Å². The van der Waals surface area contributed by atoms with Gasteiger partial charge in [0.2, 0.25) is 5.82 Å². The highest BCUT2D eigenvalue weighted by Gasteiger charge is 2.27. The molecule has 3 rings (SSSR count). The molecule has 10 heteroatoms. The maximum atomic E-state index is 10.9. The molecule has 0 saturated heterocycles. The normalized spacial score (nSPS) is 12.3. The zero-order valence-electron chi connectivity index (χ0n) is 13.3. The number of hydrogen-bond acceptors (Lipinski definition) is 6. The lowest BCUT2D eigenvalue weighted by Crippen LogP contribution is -2.13. The molecule has 2 heterocycles. The van der Waals surface area contributed by atoms with Crippen molar-refractivity contribution < 1.29 is 9.45 Å². The van der Waals surface area contributed by atoms with E-state index < -0.39 is 11.0 Å². The van der Waals surface area contributed by atoms with Crippen LogP contribution >= 0.6 is 23.2 Å². The first-order valence-electron chi connectivity index (χ1n) is 7.40. The number of nitro groups is 1. The van der Waals surface area contributed by atoms with Crippen LogP contribution in [0.2, 0.25) is 10.0 Å². The van der Waals surface area contributed by atoms with Crippen molar-refractivity contribution in [1.82, 2.24) is 19.9 Å². The number of rotatable bonds is 5. The van der Waals surface area contributed by atoms with Crippen molar-refractivity contribution in [3.63, 3.8) is 0 Å². The Morgan fingerprint density at radius 2 is 2.12 bits per heavy atom. The molecule has 0 N–H and O–H groups in total. The van der Waals surface area contributed by atoms with E-state index in [1.54, 1.807) is 25.1 Å². The highest BCUT2D eigenvalue weighted by atomic mass is 35.5. The Labute approximate surface area is 152 Å². The second-order valence-corrected chi connectivity index (χ2v) is 6.19. The van der Waals surface area contributed by atoms with Gasteiger partial charge in [-0.3, -0.25) is 0 Å². The van der Waals surface area contributed by atoms with Crippen LogP contribution in [0.1, 0.15) is 31.0 Å². The summed E-state index contributed by atoms with van der Waals surface area (Å²) in [4.78, 5) is 14.8. The van der Waals surface area contributed by atoms with Gasteiger partial charge in [0.15, 0.2) is 6.04 Å². The lowest BCUT2D eigenvalue weighted by molar-refractivity contribution is -0.389. The molecule has 0 radical (unpaired) electrons. The van der Waals surface area contributed by atoms with Gasteiger partial charge in [0.05, 0.1) is 21.9 Å². The lowest BCUT2D eigenvalue weighted by Gasteiger charge is -2.08. The molecule has 0 saturated carbocycles. The molecule has 0 aliphatic rings. The minimum atomic E-state index is -0.539. The molecule has 1 unspecified atom stereocenters. The van der Waals surface area contributed by atoms with Gasteiger partial charge >= 0.3 is 5.82 Å². The van der Waals surface area contributed by atoms with E-state index >= 15 is 0 Å². The maximum Gasteiger partial charge on any atom is 0.390 e. The summed E-state index contributed by atoms with van der Waals surface area (Å²) in [6.45, 7) is 3.63. The van der Waals surface area contributed by atoms with Crippen LogP contribution < -0.4 is 0 Å². The minimum absolute atomic E-state index is 0.226. The molecule has 0 amide bonds. The first kappa shape index (κ1) is 17.4. The van der Waals surface area contributed by atoms with E-state index in [1.807, 2.05) is 6.92 Å². The number of hydrogen-bond donors (Lipinski definition) is 0. The molecule has 8 nitrogen and oxygen atoms in total. The number of nitrogens with zero attached hydrogens (tertiary/aromatic N) is 5. The van der Waals surface area contributed by atoms with Crippen molar-refractivity contribution in [3.05, 3.63) is 56.0 Å². The summed E-state index contributed by atoms with van der Waals surface area (Å²) < 4.78 is 6.87. The standard InChI is InChI=1S/C15H13Cl2N5O3/c1-3-12(21-8(2)6-13(19-21)22(23)24)15-18-14(20-25-15)10-5-4-9(16)7-11(10)17/h4-7,12H,3H2,1-2H3. The predicted molar refractivity (Wildman–Crippen MR) is 91.8 cm³/mol. The first-order valence-corrected chi connectivity index (χ1v) is 8.15. The molecule has 25 heavy (non-hydrogen) atoms. The van der Waals surface area contributed by atoms with Crippen molar-refractivity contribution in [2.75, 3.05) is 0 Å². The largest absolute Gasteiger partial charge is 0.390 e. The van der Waals surface area contributed by atoms with E-state index in [2.05, 4.69) is 15.2 Å². The van der Waals surface area contributed by atoms with Crippen LogP contribution in [0.25, 0.3) is 11.4 Å². The fraction of sp³-hybridized carbons (Fsp3) is 0.267. The Morgan fingerprint density at radius 3 is 2.72 bits per heavy atom. The molecule has 2 aromatic heterocycles. The van der Waals surface area contributed by atoms with E-state index in [0.717, 1.165) is 0 Å². The molecular weight excluding hydrogens is 369 g/mol. The van der Waals surface area contributed by atoms with Gasteiger partial charge in [-0.25, -0.2) is 0 Å². The van der Waals surface area contributed by atoms with Crippen LogP contribution in [0.4, 0.5) is 5.82 Å². The van der Waals surface area contributed by atoms with Gasteiger partial charge in [0.25, 0.3) is 5.89 Å². The fourth-order valence-corrected chi connectivity index (χ4v) is 2.97. The van der Waals surface area contributed by atoms with Crippen LogP contribution in [0.15, 0.2) is 28.8 Å². The van der Waals surface area contributed by atoms with E-state index in [4.69, 9.17) is 27.7 Å². The first-order chi connectivity index (χ1) is 11.9. The zero-order chi connectivity index (χ0) is 18.1. The summed E-state index contributed by atoms with van der Waals surface area (Å²) in [5.74, 6) is 0.385. The van der Waals surface area contributed by atoms with Gasteiger partial charge in [-0.1, -0.05) is 35.3 Å². The van der Waals surface area contributed by atoms with Crippen LogP contribution in [0, 0.1) is 17.0 Å². The van der Waals surface area contributed by atoms with Crippen LogP contribution in [-0.4, -0.2) is 24.8 Å². The molecule has 130 valence electrons. The Kier molecular flexibility index (Phi) is 4.73. The van der Waals surface area contributed by atoms with Gasteiger partial charge in [0, 0.05) is 10.6 Å². The van der Waals surface area contributed by atoms with E-state index in [-0.39, 0.29) is 5.82 Å². The van der Waals surface area contributed by atoms with E-state index in [1.165, 1.54) is 10.7 Å². The average molecular weight is 382 g/mol. The average Bonchev–Trinajstić information content (AvgIpc) is 3.16. The van der Waals surface area contributed by atoms with Crippen LogP contribution in [0.3, 0.4) is 0 Å². The van der Waals surface area contributed by atoms with Crippen LogP contribution in [0.5, 0.6) is 0 Å². The maximum absolute atomic E-state index is 10.9. The smallest absolute Gasteiger partial charge is 0.358 e. The summed E-state index contributed by atoms with van der Waals surface area (Å²) in [6, 6.07) is 5.95. The van der Waals surface area contributed by atoms with Crippen molar-refractivity contribution in [3.8, 4) is 11.4 Å². The van der Waals surface area contributed by atoms with Crippen molar-refractivity contribution in [2.24, 2.45) is 0 Å². The summed E-state index contributed by atoms with van der Waals surface area (Å²) in [6.07, 6.45) is 0.565. The third-order valence-electron chi connectivity index (χ3n) is 3.68. The lowest BCUT2D eigenvalue weighted by atomic mass is 10.2. The summed E-state index contributed by atoms with van der Waals surface area (Å²) >= 11 is 12.1. The number of halogens is 2. The zero-order valence-corrected chi connectivity index (χ0v) is 14.8. The van der Waals surface area contributed by atoms with Gasteiger partial charge < -0.3 is 14.6 Å². The quantitative estimate of drug-likeness (QED) is 0.477. The number of aryl methyl sites for hydroxylation is 1. The highest BCUT2D eigenvalue weighted by Crippen LogP contribution is 2.30. The van der Waals surface area contributed by atoms with Gasteiger partial charge in [-0.05, 0) is 36.5 Å². The monoisotopic (exact) mass is 381 g/mol. The van der Waals surface area contributed by atoms with E-state index in [0.29, 0.717) is 39.4 Å². The summed E-state index contributed by atoms with van der Waals surface area (Å²) in [5, 5.41) is 19.8. The van der Waals surface area contributed by atoms with Gasteiger partial charge in [-0.2, -0.15) is 9.67 Å². The molecular formula is C15H13Cl2N5O3. The van der Waals surface area contributed by atoms with Gasteiger partial charge in [0.1, 0.15) is 0 Å². The Balaban J connectivity index is 1.98. The Morgan fingerprint density at radius 1 is 1.36 bits per heavy atom. The van der Waals surface area contributed by atoms with Gasteiger partial charge in [-0.15, -0.1) is 0 Å². The molecule has 0 spiro atoms. The third kappa shape index (κ3) is 3.35. The van der Waals surface area contributed by atoms with Crippen molar-refractivity contribution >= 4 is 29.0 Å². The third-order valence-corrected chi connectivity index (χ3v) is 4.23. The minimum Gasteiger partial charge on any atom is -0.358 e. The summed E-state index contributed by atoms with van der Waals surface area (Å²) in [7, 11) is 0. The molecule has 1 aromatic carbocycles. The number of aromatic nitrogens is 4. The predicted octanol–water partition coefficient (Wildman–Crippen LogP) is 4.46. The Hall–Kier alpha value is -2.45. The highest BCUT2D eigenvalue weighted by molar-refractivity contribution is 6.36. The molecule has 0 aliphatic heterocycles. The molecule has 1 atom stereocenters. The molecule has 3 aromatic rings. The second-order valence-electron chi connectivity index (χ2n) is 5.35. The van der Waals surface area contributed by atoms with Crippen LogP contribution in [-0.2, 0) is 0 Å².